The van der Waals surface area contributed by atoms with E-state index in [0.29, 0.717) is 37.1 Å². The summed E-state index contributed by atoms with van der Waals surface area (Å²) in [7, 11) is 1.62. The number of ether oxygens (including phenoxy) is 3. The van der Waals surface area contributed by atoms with E-state index >= 15 is 0 Å². The van der Waals surface area contributed by atoms with E-state index in [1.54, 1.807) is 13.2 Å². The monoisotopic (exact) mass is 301 g/mol. The number of halogens is 1. The van der Waals surface area contributed by atoms with Gasteiger partial charge in [-0.2, -0.15) is 0 Å². The molecule has 1 aromatic carbocycles. The van der Waals surface area contributed by atoms with Crippen LogP contribution in [0.5, 0.6) is 11.5 Å². The summed E-state index contributed by atoms with van der Waals surface area (Å²) in [5.74, 6) is 1.39. The Labute approximate surface area is 126 Å². The molecule has 0 spiro atoms. The highest BCUT2D eigenvalue weighted by atomic mass is 35.5. The molecule has 0 heterocycles. The molecule has 1 rings (SSSR count). The first kappa shape index (κ1) is 17.1. The van der Waals surface area contributed by atoms with Crippen molar-refractivity contribution in [3.63, 3.8) is 0 Å². The second-order valence-electron chi connectivity index (χ2n) is 4.32. The van der Waals surface area contributed by atoms with Gasteiger partial charge in [-0.1, -0.05) is 18.5 Å². The SMILES string of the molecule is CCCNCc1cc(Cl)cc(OC)c1OCCOCC. The highest BCUT2D eigenvalue weighted by Crippen LogP contribution is 2.34. The molecule has 0 unspecified atom stereocenters. The number of methoxy groups -OCH3 is 1. The predicted molar refractivity (Wildman–Crippen MR) is 82.0 cm³/mol. The average Bonchev–Trinajstić information content (AvgIpc) is 2.45. The van der Waals surface area contributed by atoms with E-state index in [2.05, 4.69) is 12.2 Å². The molecule has 5 heteroatoms. The van der Waals surface area contributed by atoms with E-state index in [9.17, 15) is 0 Å². The van der Waals surface area contributed by atoms with Crippen molar-refractivity contribution >= 4 is 11.6 Å². The number of nitrogens with one attached hydrogen (secondary N) is 1. The third-order valence-electron chi connectivity index (χ3n) is 2.74. The molecule has 0 fully saturated rings. The zero-order valence-electron chi connectivity index (χ0n) is 12.5. The summed E-state index contributed by atoms with van der Waals surface area (Å²) >= 11 is 6.11. The van der Waals surface area contributed by atoms with Crippen LogP contribution in [0.3, 0.4) is 0 Å². The maximum absolute atomic E-state index is 6.11. The molecule has 20 heavy (non-hydrogen) atoms. The van der Waals surface area contributed by atoms with Gasteiger partial charge in [0, 0.05) is 29.8 Å². The summed E-state index contributed by atoms with van der Waals surface area (Å²) in [5, 5.41) is 3.99. The molecule has 4 nitrogen and oxygen atoms in total. The standard InChI is InChI=1S/C15H24ClNO3/c1-4-6-17-11-12-9-13(16)10-14(18-3)15(12)20-8-7-19-5-2/h9-10,17H,4-8,11H2,1-3H3. The molecular formula is C15H24ClNO3. The number of hydrogen-bond acceptors (Lipinski definition) is 4. The number of hydrogen-bond donors (Lipinski definition) is 1. The van der Waals surface area contributed by atoms with Crippen LogP contribution >= 0.6 is 11.6 Å². The molecule has 114 valence electrons. The van der Waals surface area contributed by atoms with Gasteiger partial charge in [0.15, 0.2) is 11.5 Å². The van der Waals surface area contributed by atoms with Gasteiger partial charge >= 0.3 is 0 Å². The molecule has 0 bridgehead atoms. The Balaban J connectivity index is 2.79. The lowest BCUT2D eigenvalue weighted by Gasteiger charge is -2.16. The van der Waals surface area contributed by atoms with Gasteiger partial charge in [0.1, 0.15) is 6.61 Å². The molecule has 0 aliphatic carbocycles. The highest BCUT2D eigenvalue weighted by molar-refractivity contribution is 6.30. The Morgan fingerprint density at radius 1 is 1.20 bits per heavy atom. The lowest BCUT2D eigenvalue weighted by molar-refractivity contribution is 0.108. The minimum atomic E-state index is 0.493. The predicted octanol–water partition coefficient (Wildman–Crippen LogP) is 3.26. The molecule has 0 radical (unpaired) electrons. The molecular weight excluding hydrogens is 278 g/mol. The second kappa shape index (κ2) is 9.86. The Morgan fingerprint density at radius 2 is 2.00 bits per heavy atom. The zero-order chi connectivity index (χ0) is 14.8. The fraction of sp³-hybridized carbons (Fsp3) is 0.600. The molecule has 0 amide bonds. The highest BCUT2D eigenvalue weighted by Gasteiger charge is 2.12. The minimum Gasteiger partial charge on any atom is -0.493 e. The van der Waals surface area contributed by atoms with Crippen LogP contribution in [0.15, 0.2) is 12.1 Å². The third kappa shape index (κ3) is 5.57. The van der Waals surface area contributed by atoms with Crippen LogP contribution in [0.1, 0.15) is 25.8 Å². The van der Waals surface area contributed by atoms with Gasteiger partial charge in [-0.15, -0.1) is 0 Å². The fourth-order valence-corrected chi connectivity index (χ4v) is 2.05. The number of benzene rings is 1. The maximum atomic E-state index is 6.11. The zero-order valence-corrected chi connectivity index (χ0v) is 13.3. The van der Waals surface area contributed by atoms with Crippen molar-refractivity contribution in [1.82, 2.24) is 5.32 Å². The first-order chi connectivity index (χ1) is 9.72. The molecule has 0 aromatic heterocycles. The summed E-state index contributed by atoms with van der Waals surface area (Å²) < 4.78 is 16.4. The second-order valence-corrected chi connectivity index (χ2v) is 4.75. The van der Waals surface area contributed by atoms with E-state index in [4.69, 9.17) is 25.8 Å². The van der Waals surface area contributed by atoms with Crippen LogP contribution in [0, 0.1) is 0 Å². The van der Waals surface area contributed by atoms with Crippen molar-refractivity contribution in [3.8, 4) is 11.5 Å². The molecule has 0 saturated heterocycles. The van der Waals surface area contributed by atoms with Gasteiger partial charge in [-0.3, -0.25) is 0 Å². The van der Waals surface area contributed by atoms with Crippen molar-refractivity contribution in [2.75, 3.05) is 33.5 Å². The Bertz CT molecular complexity index is 399. The topological polar surface area (TPSA) is 39.7 Å². The first-order valence-corrected chi connectivity index (χ1v) is 7.38. The van der Waals surface area contributed by atoms with Crippen LogP contribution in [0.25, 0.3) is 0 Å². The fourth-order valence-electron chi connectivity index (χ4n) is 1.82. The van der Waals surface area contributed by atoms with Gasteiger partial charge < -0.3 is 19.5 Å². The molecule has 1 aromatic rings. The Hall–Kier alpha value is -0.970. The van der Waals surface area contributed by atoms with Crippen LogP contribution in [-0.4, -0.2) is 33.5 Å². The third-order valence-corrected chi connectivity index (χ3v) is 2.96. The van der Waals surface area contributed by atoms with Gasteiger partial charge in [-0.25, -0.2) is 0 Å². The van der Waals surface area contributed by atoms with Crippen molar-refractivity contribution in [1.29, 1.82) is 0 Å². The van der Waals surface area contributed by atoms with Gasteiger partial charge in [0.25, 0.3) is 0 Å². The van der Waals surface area contributed by atoms with Crippen LogP contribution < -0.4 is 14.8 Å². The van der Waals surface area contributed by atoms with Crippen LogP contribution in [0.2, 0.25) is 5.02 Å². The van der Waals surface area contributed by atoms with Gasteiger partial charge in [0.2, 0.25) is 0 Å². The van der Waals surface area contributed by atoms with Gasteiger partial charge in [-0.05, 0) is 26.0 Å². The summed E-state index contributed by atoms with van der Waals surface area (Å²) in [4.78, 5) is 0. The quantitative estimate of drug-likeness (QED) is 0.673. The van der Waals surface area contributed by atoms with Crippen molar-refractivity contribution in [2.45, 2.75) is 26.8 Å². The maximum Gasteiger partial charge on any atom is 0.165 e. The Morgan fingerprint density at radius 3 is 2.65 bits per heavy atom. The molecule has 0 aliphatic heterocycles. The summed E-state index contributed by atoms with van der Waals surface area (Å²) in [5.41, 5.74) is 0.999. The van der Waals surface area contributed by atoms with E-state index in [-0.39, 0.29) is 0 Å². The van der Waals surface area contributed by atoms with E-state index in [1.165, 1.54) is 0 Å². The average molecular weight is 302 g/mol. The normalized spacial score (nSPS) is 10.6. The molecule has 0 saturated carbocycles. The smallest absolute Gasteiger partial charge is 0.165 e. The van der Waals surface area contributed by atoms with Crippen LogP contribution in [-0.2, 0) is 11.3 Å². The molecule has 0 aliphatic rings. The Kier molecular flexibility index (Phi) is 8.42. The molecule has 1 N–H and O–H groups in total. The van der Waals surface area contributed by atoms with Crippen molar-refractivity contribution in [3.05, 3.63) is 22.7 Å². The van der Waals surface area contributed by atoms with Crippen molar-refractivity contribution < 1.29 is 14.2 Å². The van der Waals surface area contributed by atoms with E-state index < -0.39 is 0 Å². The molecule has 0 atom stereocenters. The van der Waals surface area contributed by atoms with Crippen LogP contribution in [0.4, 0.5) is 0 Å². The van der Waals surface area contributed by atoms with Gasteiger partial charge in [0.05, 0.1) is 13.7 Å². The largest absolute Gasteiger partial charge is 0.493 e. The minimum absolute atomic E-state index is 0.493. The lowest BCUT2D eigenvalue weighted by Crippen LogP contribution is -2.16. The number of rotatable bonds is 10. The lowest BCUT2D eigenvalue weighted by atomic mass is 10.1. The van der Waals surface area contributed by atoms with Crippen molar-refractivity contribution in [2.24, 2.45) is 0 Å². The summed E-state index contributed by atoms with van der Waals surface area (Å²) in [6, 6.07) is 3.67. The summed E-state index contributed by atoms with van der Waals surface area (Å²) in [6.07, 6.45) is 1.08. The first-order valence-electron chi connectivity index (χ1n) is 7.00. The van der Waals surface area contributed by atoms with E-state index in [1.807, 2.05) is 13.0 Å². The van der Waals surface area contributed by atoms with E-state index in [0.717, 1.165) is 24.3 Å². The summed E-state index contributed by atoms with van der Waals surface area (Å²) in [6.45, 7) is 7.48.